The molecule has 144 valence electrons. The average molecular weight is 372 g/mol. The number of aromatic nitrogens is 1. The lowest BCUT2D eigenvalue weighted by Crippen LogP contribution is -2.31. The van der Waals surface area contributed by atoms with Crippen LogP contribution < -0.4 is 5.32 Å². The molecule has 1 aromatic heterocycles. The molecule has 0 saturated heterocycles. The van der Waals surface area contributed by atoms with Crippen molar-refractivity contribution in [3.63, 3.8) is 0 Å². The van der Waals surface area contributed by atoms with Crippen LogP contribution in [-0.2, 0) is 14.3 Å². The van der Waals surface area contributed by atoms with Crippen LogP contribution in [-0.4, -0.2) is 36.0 Å². The number of hydrogen-bond donors (Lipinski definition) is 2. The molecule has 1 amide bonds. The summed E-state index contributed by atoms with van der Waals surface area (Å²) in [7, 11) is 0. The van der Waals surface area contributed by atoms with Gasteiger partial charge in [-0.3, -0.25) is 4.79 Å². The van der Waals surface area contributed by atoms with E-state index in [4.69, 9.17) is 9.47 Å². The number of benzene rings is 1. The highest BCUT2D eigenvalue weighted by Crippen LogP contribution is 2.20. The monoisotopic (exact) mass is 372 g/mol. The first-order valence-electron chi connectivity index (χ1n) is 8.72. The van der Waals surface area contributed by atoms with Gasteiger partial charge in [0, 0.05) is 5.69 Å². The zero-order valence-electron chi connectivity index (χ0n) is 15.9. The molecule has 0 aliphatic rings. The maximum Gasteiger partial charge on any atom is 0.355 e. The van der Waals surface area contributed by atoms with Crippen molar-refractivity contribution < 1.29 is 23.9 Å². The molecule has 0 aliphatic carbocycles. The van der Waals surface area contributed by atoms with Gasteiger partial charge in [0.2, 0.25) is 0 Å². The van der Waals surface area contributed by atoms with Crippen molar-refractivity contribution in [3.05, 3.63) is 58.4 Å². The van der Waals surface area contributed by atoms with E-state index in [9.17, 15) is 14.4 Å². The van der Waals surface area contributed by atoms with Gasteiger partial charge in [-0.25, -0.2) is 9.59 Å². The first kappa shape index (κ1) is 20.2. The van der Waals surface area contributed by atoms with Crippen molar-refractivity contribution >= 4 is 17.8 Å². The lowest BCUT2D eigenvalue weighted by molar-refractivity contribution is -0.124. The summed E-state index contributed by atoms with van der Waals surface area (Å²) in [5.41, 5.74) is 2.35. The number of esters is 2. The van der Waals surface area contributed by atoms with E-state index >= 15 is 0 Å². The minimum absolute atomic E-state index is 0.138. The molecule has 0 saturated carbocycles. The first-order valence-corrected chi connectivity index (χ1v) is 8.72. The molecule has 0 spiro atoms. The summed E-state index contributed by atoms with van der Waals surface area (Å²) < 4.78 is 10.1. The van der Waals surface area contributed by atoms with Crippen molar-refractivity contribution in [3.8, 4) is 0 Å². The molecule has 1 atom stereocenters. The Hall–Kier alpha value is -3.09. The fourth-order valence-corrected chi connectivity index (χ4v) is 2.78. The van der Waals surface area contributed by atoms with E-state index in [1.165, 1.54) is 0 Å². The summed E-state index contributed by atoms with van der Waals surface area (Å²) in [5.74, 6) is -1.61. The Morgan fingerprint density at radius 2 is 1.74 bits per heavy atom. The van der Waals surface area contributed by atoms with Crippen LogP contribution >= 0.6 is 0 Å². The fraction of sp³-hybridized carbons (Fsp3) is 0.350. The summed E-state index contributed by atoms with van der Waals surface area (Å²) in [4.78, 5) is 39.1. The minimum Gasteiger partial charge on any atom is -0.462 e. The van der Waals surface area contributed by atoms with Crippen LogP contribution in [0.5, 0.6) is 0 Å². The summed E-state index contributed by atoms with van der Waals surface area (Å²) in [6.45, 7) is 6.68. The predicted molar refractivity (Wildman–Crippen MR) is 99.5 cm³/mol. The summed E-state index contributed by atoms with van der Waals surface area (Å²) in [5, 5.41) is 2.77. The molecule has 7 nitrogen and oxygen atoms in total. The molecule has 1 unspecified atom stereocenters. The zero-order valence-corrected chi connectivity index (χ0v) is 15.9. The third kappa shape index (κ3) is 4.97. The molecule has 1 aromatic carbocycles. The molecule has 27 heavy (non-hydrogen) atoms. The molecule has 2 aromatic rings. The Labute approximate surface area is 158 Å². The molecule has 2 N–H and O–H groups in total. The molecule has 0 bridgehead atoms. The molecule has 2 rings (SSSR count). The lowest BCUT2D eigenvalue weighted by Gasteiger charge is -2.14. The van der Waals surface area contributed by atoms with Crippen molar-refractivity contribution in [1.29, 1.82) is 0 Å². The normalized spacial score (nSPS) is 11.6. The van der Waals surface area contributed by atoms with Gasteiger partial charge in [0.05, 0.1) is 18.2 Å². The third-order valence-electron chi connectivity index (χ3n) is 4.13. The Morgan fingerprint density at radius 1 is 1.07 bits per heavy atom. The van der Waals surface area contributed by atoms with Gasteiger partial charge < -0.3 is 19.8 Å². The van der Waals surface area contributed by atoms with E-state index in [-0.39, 0.29) is 18.3 Å². The highest BCUT2D eigenvalue weighted by Gasteiger charge is 2.24. The van der Waals surface area contributed by atoms with Crippen LogP contribution in [0, 0.1) is 13.8 Å². The van der Waals surface area contributed by atoms with E-state index in [1.54, 1.807) is 20.8 Å². The SMILES string of the molecule is CCOC(=O)c1c(C)[nH]c(C(=O)OCC(=O)NC(C)c2ccccc2)c1C. The zero-order chi connectivity index (χ0) is 20.0. The smallest absolute Gasteiger partial charge is 0.355 e. The minimum atomic E-state index is -0.700. The molecule has 7 heteroatoms. The molecule has 0 radical (unpaired) electrons. The van der Waals surface area contributed by atoms with Crippen molar-refractivity contribution in [2.75, 3.05) is 13.2 Å². The Kier molecular flexibility index (Phi) is 6.76. The maximum absolute atomic E-state index is 12.3. The summed E-state index contributed by atoms with van der Waals surface area (Å²) in [6.07, 6.45) is 0. The van der Waals surface area contributed by atoms with Gasteiger partial charge in [0.1, 0.15) is 5.69 Å². The number of H-pyrrole nitrogens is 1. The van der Waals surface area contributed by atoms with E-state index in [1.807, 2.05) is 37.3 Å². The van der Waals surface area contributed by atoms with Crippen molar-refractivity contribution in [2.24, 2.45) is 0 Å². The third-order valence-corrected chi connectivity index (χ3v) is 4.13. The number of ether oxygens (including phenoxy) is 2. The second kappa shape index (κ2) is 9.02. The number of rotatable bonds is 7. The lowest BCUT2D eigenvalue weighted by atomic mass is 10.1. The van der Waals surface area contributed by atoms with Crippen molar-refractivity contribution in [2.45, 2.75) is 33.7 Å². The Morgan fingerprint density at radius 3 is 2.37 bits per heavy atom. The van der Waals surface area contributed by atoms with Crippen molar-refractivity contribution in [1.82, 2.24) is 10.3 Å². The van der Waals surface area contributed by atoms with Crippen LogP contribution in [0.2, 0.25) is 0 Å². The van der Waals surface area contributed by atoms with Crippen LogP contribution in [0.3, 0.4) is 0 Å². The number of aryl methyl sites for hydroxylation is 1. The van der Waals surface area contributed by atoms with E-state index < -0.39 is 24.5 Å². The first-order chi connectivity index (χ1) is 12.8. The molecule has 1 heterocycles. The molecular formula is C20H24N2O5. The molecule has 0 fully saturated rings. The number of carbonyl (C=O) groups excluding carboxylic acids is 3. The second-order valence-corrected chi connectivity index (χ2v) is 6.12. The molecular weight excluding hydrogens is 348 g/mol. The van der Waals surface area contributed by atoms with Crippen LogP contribution in [0.25, 0.3) is 0 Å². The van der Waals surface area contributed by atoms with Gasteiger partial charge in [0.25, 0.3) is 5.91 Å². The summed E-state index contributed by atoms with van der Waals surface area (Å²) in [6, 6.07) is 9.26. The average Bonchev–Trinajstić information content (AvgIpc) is 2.95. The van der Waals surface area contributed by atoms with E-state index in [0.29, 0.717) is 16.8 Å². The Bertz CT molecular complexity index is 826. The molecule has 0 aliphatic heterocycles. The van der Waals surface area contributed by atoms with Gasteiger partial charge >= 0.3 is 11.9 Å². The number of amides is 1. The standard InChI is InChI=1S/C20H24N2O5/c1-5-26-19(24)17-12(2)18(22-14(17)4)20(25)27-11-16(23)21-13(3)15-9-7-6-8-10-15/h6-10,13,22H,5,11H2,1-4H3,(H,21,23). The van der Waals surface area contributed by atoms with E-state index in [2.05, 4.69) is 10.3 Å². The maximum atomic E-state index is 12.3. The van der Waals surface area contributed by atoms with Gasteiger partial charge in [0.15, 0.2) is 6.61 Å². The number of carbonyl (C=O) groups is 3. The van der Waals surface area contributed by atoms with Gasteiger partial charge in [-0.2, -0.15) is 0 Å². The number of nitrogens with one attached hydrogen (secondary N) is 2. The van der Waals surface area contributed by atoms with Gasteiger partial charge in [-0.15, -0.1) is 0 Å². The summed E-state index contributed by atoms with van der Waals surface area (Å²) >= 11 is 0. The number of aromatic amines is 1. The second-order valence-electron chi connectivity index (χ2n) is 6.12. The number of hydrogen-bond acceptors (Lipinski definition) is 5. The van der Waals surface area contributed by atoms with Gasteiger partial charge in [-0.1, -0.05) is 30.3 Å². The highest BCUT2D eigenvalue weighted by molar-refractivity contribution is 5.99. The quantitative estimate of drug-likeness (QED) is 0.729. The highest BCUT2D eigenvalue weighted by atomic mass is 16.5. The van der Waals surface area contributed by atoms with Crippen LogP contribution in [0.15, 0.2) is 30.3 Å². The topological polar surface area (TPSA) is 97.5 Å². The van der Waals surface area contributed by atoms with Crippen LogP contribution in [0.4, 0.5) is 0 Å². The van der Waals surface area contributed by atoms with Gasteiger partial charge in [-0.05, 0) is 38.8 Å². The van der Waals surface area contributed by atoms with Crippen LogP contribution in [0.1, 0.15) is 57.6 Å². The van der Waals surface area contributed by atoms with E-state index in [0.717, 1.165) is 5.56 Å². The fourth-order valence-electron chi connectivity index (χ4n) is 2.78. The largest absolute Gasteiger partial charge is 0.462 e. The predicted octanol–water partition coefficient (Wildman–Crippen LogP) is 2.84. The Balaban J connectivity index is 1.96.